The molecule has 65 heavy (non-hydrogen) atoms. The zero-order chi connectivity index (χ0) is 46.3. The van der Waals surface area contributed by atoms with Gasteiger partial charge in [-0.2, -0.15) is 5.10 Å². The zero-order valence-electron chi connectivity index (χ0n) is 37.7. The van der Waals surface area contributed by atoms with Crippen LogP contribution in [0, 0.1) is 6.92 Å². The molecule has 3 aliphatic heterocycles. The molecule has 0 saturated carbocycles. The van der Waals surface area contributed by atoms with Crippen LogP contribution in [0.25, 0.3) is 21.8 Å². The topological polar surface area (TPSA) is 202 Å². The summed E-state index contributed by atoms with van der Waals surface area (Å²) >= 11 is 0. The van der Waals surface area contributed by atoms with Crippen molar-refractivity contribution in [1.82, 2.24) is 34.4 Å². The summed E-state index contributed by atoms with van der Waals surface area (Å²) in [5, 5.41) is 9.10. The summed E-state index contributed by atoms with van der Waals surface area (Å²) in [7, 11) is 5.81. The van der Waals surface area contributed by atoms with Crippen LogP contribution in [-0.2, 0) is 53.1 Å². The molecule has 0 unspecified atom stereocenters. The number of fused-ring (bicyclic) bond motifs is 2. The number of piperazine rings is 1. The Balaban J connectivity index is 1.04. The lowest BCUT2D eigenvalue weighted by atomic mass is 9.89. The van der Waals surface area contributed by atoms with Gasteiger partial charge in [-0.15, -0.1) is 0 Å². The van der Waals surface area contributed by atoms with Gasteiger partial charge in [0.1, 0.15) is 6.04 Å². The molecule has 0 radical (unpaired) electrons. The highest BCUT2D eigenvalue weighted by atomic mass is 16.7. The lowest BCUT2D eigenvalue weighted by Crippen LogP contribution is -2.60. The second-order valence-corrected chi connectivity index (χ2v) is 17.2. The van der Waals surface area contributed by atoms with Gasteiger partial charge in [-0.25, -0.2) is 23.9 Å². The lowest BCUT2D eigenvalue weighted by Gasteiger charge is -2.45. The van der Waals surface area contributed by atoms with Gasteiger partial charge in [-0.05, 0) is 60.4 Å². The average molecular weight is 904 g/mol. The molecule has 20 heteroatoms. The standard InChI is InChI=1S/C45H58N8O12/c1-30-22-31(23-34-26-46-52(39(30)34)28-64-44(58)61-4)24-37(41(55)49-18-16-48(17-19-49)35-12-20-53(2,21-13-35)29-65-45(59)62-5)47-42(56)50-14-10-32(11-15-50)36-25-33-8-6-7-9-38(33)51(40(36)54)27-63-43(57)60-3/h6-9,22-23,25-26,32,35,37H,10-21,24,27-29H2,1-5H3/p+1/t35?,37-,53?/m1/s1. The Morgan fingerprint density at radius 2 is 1.43 bits per heavy atom. The average Bonchev–Trinajstić information content (AvgIpc) is 3.75. The van der Waals surface area contributed by atoms with E-state index in [1.165, 1.54) is 25.9 Å². The summed E-state index contributed by atoms with van der Waals surface area (Å²) in [5.41, 5.74) is 3.35. The van der Waals surface area contributed by atoms with Gasteiger partial charge in [0.05, 0.1) is 58.7 Å². The first kappa shape index (κ1) is 46.6. The Labute approximate surface area is 376 Å². The van der Waals surface area contributed by atoms with E-state index < -0.39 is 24.5 Å². The van der Waals surface area contributed by atoms with Crippen LogP contribution in [0.2, 0.25) is 0 Å². The minimum absolute atomic E-state index is 0.139. The molecular formula is C45H59N8O12+. The molecule has 3 fully saturated rings. The number of nitrogens with zero attached hydrogens (tertiary/aromatic N) is 7. The number of ether oxygens (including phenoxy) is 6. The fourth-order valence-corrected chi connectivity index (χ4v) is 9.40. The molecule has 20 nitrogen and oxygen atoms in total. The maximum absolute atomic E-state index is 14.6. The summed E-state index contributed by atoms with van der Waals surface area (Å²) in [6.07, 6.45) is 2.36. The molecule has 350 valence electrons. The van der Waals surface area contributed by atoms with E-state index in [-0.39, 0.29) is 50.0 Å². The highest BCUT2D eigenvalue weighted by molar-refractivity contribution is 5.88. The molecule has 0 bridgehead atoms. The number of methoxy groups -OCH3 is 3. The number of para-hydroxylation sites is 1. The van der Waals surface area contributed by atoms with E-state index in [0.717, 1.165) is 53.3 Å². The van der Waals surface area contributed by atoms with E-state index in [9.17, 15) is 28.8 Å². The first-order valence-electron chi connectivity index (χ1n) is 21.9. The van der Waals surface area contributed by atoms with Gasteiger partial charge < -0.3 is 43.5 Å². The number of carbonyl (C=O) groups is 5. The summed E-state index contributed by atoms with van der Waals surface area (Å²) in [4.78, 5) is 83.6. The Bertz CT molecular complexity index is 2430. The largest absolute Gasteiger partial charge is 0.512 e. The third kappa shape index (κ3) is 10.9. The van der Waals surface area contributed by atoms with E-state index in [4.69, 9.17) is 14.2 Å². The first-order chi connectivity index (χ1) is 31.3. The number of aryl methyl sites for hydroxylation is 1. The number of piperidine rings is 2. The second kappa shape index (κ2) is 20.6. The van der Waals surface area contributed by atoms with Crippen molar-refractivity contribution in [3.8, 4) is 0 Å². The molecule has 5 heterocycles. The van der Waals surface area contributed by atoms with Crippen LogP contribution in [0.5, 0.6) is 0 Å². The quantitative estimate of drug-likeness (QED) is 0.121. The molecule has 3 amide bonds. The van der Waals surface area contributed by atoms with Crippen molar-refractivity contribution < 1.29 is 56.9 Å². The van der Waals surface area contributed by atoms with E-state index in [0.29, 0.717) is 73.7 Å². The summed E-state index contributed by atoms with van der Waals surface area (Å²) in [6, 6.07) is 12.2. The minimum Gasteiger partial charge on any atom is -0.438 e. The molecule has 0 aliphatic carbocycles. The molecule has 1 N–H and O–H groups in total. The maximum atomic E-state index is 14.6. The number of likely N-dealkylation sites (tertiary alicyclic amines) is 2. The fourth-order valence-electron chi connectivity index (χ4n) is 9.40. The summed E-state index contributed by atoms with van der Waals surface area (Å²) in [6.45, 7) is 6.51. The normalized spacial score (nSPS) is 19.9. The summed E-state index contributed by atoms with van der Waals surface area (Å²) in [5.74, 6) is -0.334. The van der Waals surface area contributed by atoms with Crippen molar-refractivity contribution in [3.05, 3.63) is 75.7 Å². The third-order valence-electron chi connectivity index (χ3n) is 13.0. The molecule has 3 aliphatic rings. The number of aromatic nitrogens is 3. The lowest BCUT2D eigenvalue weighted by molar-refractivity contribution is -0.930. The number of benzene rings is 2. The van der Waals surface area contributed by atoms with Gasteiger partial charge in [0, 0.05) is 75.5 Å². The van der Waals surface area contributed by atoms with E-state index in [1.807, 2.05) is 48.2 Å². The van der Waals surface area contributed by atoms with E-state index in [1.54, 1.807) is 21.8 Å². The van der Waals surface area contributed by atoms with Crippen LogP contribution < -0.4 is 10.9 Å². The van der Waals surface area contributed by atoms with Crippen molar-refractivity contribution in [2.45, 2.75) is 70.5 Å². The Morgan fingerprint density at radius 3 is 2.11 bits per heavy atom. The Hall–Kier alpha value is -6.41. The molecule has 7 rings (SSSR count). The van der Waals surface area contributed by atoms with E-state index >= 15 is 0 Å². The van der Waals surface area contributed by atoms with Crippen molar-refractivity contribution in [3.63, 3.8) is 0 Å². The SMILES string of the molecule is COC(=O)OCn1ncc2cc(C[C@@H](NC(=O)N3CCC(c4cc5ccccc5n(COC(=O)OC)c4=O)CC3)C(=O)N3CCN(C4CC[N+](C)(COC(=O)OC)CC4)CC3)cc(C)c21. The van der Waals surface area contributed by atoms with Crippen molar-refractivity contribution >= 4 is 52.2 Å². The van der Waals surface area contributed by atoms with Gasteiger partial charge in [-0.1, -0.05) is 24.3 Å². The number of amides is 3. The monoisotopic (exact) mass is 903 g/mol. The molecule has 4 aromatic rings. The zero-order valence-corrected chi connectivity index (χ0v) is 37.7. The second-order valence-electron chi connectivity index (χ2n) is 17.2. The predicted molar refractivity (Wildman–Crippen MR) is 235 cm³/mol. The smallest absolute Gasteiger partial charge is 0.438 e. The van der Waals surface area contributed by atoms with Crippen LogP contribution in [0.1, 0.15) is 48.3 Å². The molecule has 1 atom stereocenters. The Kier molecular flexibility index (Phi) is 14.8. The molecule has 2 aromatic carbocycles. The number of quaternary nitrogens is 1. The molecule has 2 aromatic heterocycles. The number of hydrogen-bond donors (Lipinski definition) is 1. The number of hydrogen-bond acceptors (Lipinski definition) is 14. The van der Waals surface area contributed by atoms with E-state index in [2.05, 4.69) is 36.6 Å². The maximum Gasteiger partial charge on any atom is 0.512 e. The number of urea groups is 1. The minimum atomic E-state index is -0.896. The number of rotatable bonds is 12. The van der Waals surface area contributed by atoms with Crippen molar-refractivity contribution in [2.24, 2.45) is 0 Å². The van der Waals surface area contributed by atoms with Crippen LogP contribution >= 0.6 is 0 Å². The highest BCUT2D eigenvalue weighted by Crippen LogP contribution is 2.29. The van der Waals surface area contributed by atoms with Gasteiger partial charge >= 0.3 is 24.5 Å². The molecule has 0 spiro atoms. The van der Waals surface area contributed by atoms with Crippen molar-refractivity contribution in [2.75, 3.05) is 87.5 Å². The van der Waals surface area contributed by atoms with Crippen LogP contribution in [0.4, 0.5) is 19.2 Å². The third-order valence-corrected chi connectivity index (χ3v) is 13.0. The Morgan fingerprint density at radius 1 is 0.785 bits per heavy atom. The van der Waals surface area contributed by atoms with Crippen LogP contribution in [0.15, 0.2) is 53.5 Å². The van der Waals surface area contributed by atoms with Crippen LogP contribution in [0.3, 0.4) is 0 Å². The molecular weight excluding hydrogens is 845 g/mol. The fraction of sp³-hybridized carbons (Fsp3) is 0.533. The van der Waals surface area contributed by atoms with Crippen molar-refractivity contribution in [1.29, 1.82) is 0 Å². The van der Waals surface area contributed by atoms with Crippen LogP contribution in [-0.4, -0.2) is 163 Å². The first-order valence-corrected chi connectivity index (χ1v) is 21.9. The van der Waals surface area contributed by atoms with Gasteiger partial charge in [0.2, 0.25) is 12.6 Å². The number of nitrogens with one attached hydrogen (secondary N) is 1. The van der Waals surface area contributed by atoms with Gasteiger partial charge in [0.15, 0.2) is 13.5 Å². The highest BCUT2D eigenvalue weighted by Gasteiger charge is 2.37. The van der Waals surface area contributed by atoms with Gasteiger partial charge in [0.25, 0.3) is 5.56 Å². The van der Waals surface area contributed by atoms with Gasteiger partial charge in [-0.3, -0.25) is 23.5 Å². The predicted octanol–water partition coefficient (Wildman–Crippen LogP) is 4.13. The summed E-state index contributed by atoms with van der Waals surface area (Å²) < 4.78 is 33.0. The number of pyridine rings is 1. The number of carbonyl (C=O) groups excluding carboxylic acids is 5. The molecule has 3 saturated heterocycles.